The van der Waals surface area contributed by atoms with Crippen molar-refractivity contribution in [3.05, 3.63) is 11.7 Å². The van der Waals surface area contributed by atoms with Crippen molar-refractivity contribution in [1.82, 2.24) is 10.1 Å². The minimum Gasteiger partial charge on any atom is -0.339 e. The van der Waals surface area contributed by atoms with Crippen molar-refractivity contribution in [3.63, 3.8) is 0 Å². The molecule has 0 aliphatic heterocycles. The number of nitrogens with zero attached hydrogens (tertiary/aromatic N) is 2. The third kappa shape index (κ3) is 1.79. The molecule has 2 saturated carbocycles. The highest BCUT2D eigenvalue weighted by atomic mass is 16.5. The van der Waals surface area contributed by atoms with Gasteiger partial charge in [0.05, 0.1) is 5.54 Å². The highest BCUT2D eigenvalue weighted by Gasteiger charge is 2.48. The molecule has 2 fully saturated rings. The molecule has 0 radical (unpaired) electrons. The summed E-state index contributed by atoms with van der Waals surface area (Å²) in [5.41, 5.74) is 6.28. The SMILES string of the molecule is CCC1(c2nc(C3(N)CCCCC3)no2)CC1. The Morgan fingerprint density at radius 2 is 1.88 bits per heavy atom. The highest BCUT2D eigenvalue weighted by Crippen LogP contribution is 2.50. The molecule has 17 heavy (non-hydrogen) atoms. The van der Waals surface area contributed by atoms with E-state index in [1.807, 2.05) is 0 Å². The topological polar surface area (TPSA) is 64.9 Å². The molecule has 94 valence electrons. The lowest BCUT2D eigenvalue weighted by Crippen LogP contribution is -2.39. The minimum atomic E-state index is -0.330. The van der Waals surface area contributed by atoms with Crippen molar-refractivity contribution in [3.8, 4) is 0 Å². The van der Waals surface area contributed by atoms with Crippen molar-refractivity contribution in [2.45, 2.75) is 69.2 Å². The third-order valence-electron chi connectivity index (χ3n) is 4.60. The average Bonchev–Trinajstić information content (AvgIpc) is 2.98. The molecule has 3 rings (SSSR count). The van der Waals surface area contributed by atoms with Crippen LogP contribution in [0.3, 0.4) is 0 Å². The maximum absolute atomic E-state index is 6.41. The number of hydrogen-bond donors (Lipinski definition) is 1. The van der Waals surface area contributed by atoms with Gasteiger partial charge in [-0.25, -0.2) is 0 Å². The van der Waals surface area contributed by atoms with Gasteiger partial charge in [0.1, 0.15) is 0 Å². The quantitative estimate of drug-likeness (QED) is 0.874. The lowest BCUT2D eigenvalue weighted by Gasteiger charge is -2.29. The molecule has 0 saturated heterocycles. The molecular weight excluding hydrogens is 214 g/mol. The van der Waals surface area contributed by atoms with E-state index in [0.29, 0.717) is 0 Å². The second-order valence-electron chi connectivity index (χ2n) is 5.77. The summed E-state index contributed by atoms with van der Waals surface area (Å²) in [7, 11) is 0. The normalized spacial score (nSPS) is 25.8. The summed E-state index contributed by atoms with van der Waals surface area (Å²) >= 11 is 0. The Hall–Kier alpha value is -0.900. The molecule has 1 aromatic rings. The van der Waals surface area contributed by atoms with Crippen LogP contribution >= 0.6 is 0 Å². The summed E-state index contributed by atoms with van der Waals surface area (Å²) in [6.07, 6.45) is 9.08. The van der Waals surface area contributed by atoms with Crippen LogP contribution in [0.1, 0.15) is 70.0 Å². The first-order valence-electron chi connectivity index (χ1n) is 6.82. The van der Waals surface area contributed by atoms with Crippen LogP contribution < -0.4 is 5.73 Å². The fraction of sp³-hybridized carbons (Fsp3) is 0.846. The predicted molar refractivity (Wildman–Crippen MR) is 64.5 cm³/mol. The smallest absolute Gasteiger partial charge is 0.232 e. The van der Waals surface area contributed by atoms with Crippen LogP contribution in [-0.4, -0.2) is 10.1 Å². The van der Waals surface area contributed by atoms with E-state index in [1.165, 1.54) is 32.1 Å². The lowest BCUT2D eigenvalue weighted by atomic mass is 9.82. The van der Waals surface area contributed by atoms with E-state index in [4.69, 9.17) is 10.3 Å². The predicted octanol–water partition coefficient (Wildman–Crippen LogP) is 2.63. The van der Waals surface area contributed by atoms with Gasteiger partial charge in [0.25, 0.3) is 0 Å². The molecule has 0 amide bonds. The molecule has 4 heteroatoms. The van der Waals surface area contributed by atoms with E-state index in [0.717, 1.165) is 31.0 Å². The summed E-state index contributed by atoms with van der Waals surface area (Å²) in [5.74, 6) is 1.57. The van der Waals surface area contributed by atoms with E-state index >= 15 is 0 Å². The maximum Gasteiger partial charge on any atom is 0.232 e. The molecule has 0 bridgehead atoms. The molecular formula is C13H21N3O. The second kappa shape index (κ2) is 3.80. The zero-order valence-electron chi connectivity index (χ0n) is 10.5. The average molecular weight is 235 g/mol. The second-order valence-corrected chi connectivity index (χ2v) is 5.77. The van der Waals surface area contributed by atoms with Crippen LogP contribution in [0.5, 0.6) is 0 Å². The molecule has 0 aromatic carbocycles. The summed E-state index contributed by atoms with van der Waals surface area (Å²) in [5, 5.41) is 4.15. The van der Waals surface area contributed by atoms with E-state index in [1.54, 1.807) is 0 Å². The number of hydrogen-bond acceptors (Lipinski definition) is 4. The number of rotatable bonds is 3. The Kier molecular flexibility index (Phi) is 2.51. The van der Waals surface area contributed by atoms with E-state index in [9.17, 15) is 0 Å². The van der Waals surface area contributed by atoms with Crippen molar-refractivity contribution in [1.29, 1.82) is 0 Å². The molecule has 1 heterocycles. The first-order valence-corrected chi connectivity index (χ1v) is 6.82. The van der Waals surface area contributed by atoms with Crippen LogP contribution in [0.25, 0.3) is 0 Å². The Balaban J connectivity index is 1.84. The zero-order chi connectivity index (χ0) is 11.9. The van der Waals surface area contributed by atoms with Gasteiger partial charge in [-0.05, 0) is 32.1 Å². The van der Waals surface area contributed by atoms with Gasteiger partial charge in [-0.15, -0.1) is 0 Å². The standard InChI is InChI=1S/C13H21N3O/c1-2-12(8-9-12)11-15-10(16-17-11)13(14)6-4-3-5-7-13/h2-9,14H2,1H3. The van der Waals surface area contributed by atoms with Crippen LogP contribution in [0, 0.1) is 0 Å². The Labute approximate surface area is 102 Å². The Morgan fingerprint density at radius 3 is 2.47 bits per heavy atom. The van der Waals surface area contributed by atoms with Crippen molar-refractivity contribution in [2.75, 3.05) is 0 Å². The summed E-state index contributed by atoms with van der Waals surface area (Å²) in [4.78, 5) is 4.61. The summed E-state index contributed by atoms with van der Waals surface area (Å²) < 4.78 is 5.46. The first kappa shape index (κ1) is 11.2. The van der Waals surface area contributed by atoms with Crippen molar-refractivity contribution in [2.24, 2.45) is 5.73 Å². The highest BCUT2D eigenvalue weighted by molar-refractivity contribution is 5.17. The lowest BCUT2D eigenvalue weighted by molar-refractivity contribution is 0.271. The third-order valence-corrected chi connectivity index (χ3v) is 4.60. The van der Waals surface area contributed by atoms with Gasteiger partial charge in [-0.2, -0.15) is 4.98 Å². The largest absolute Gasteiger partial charge is 0.339 e. The number of aromatic nitrogens is 2. The monoisotopic (exact) mass is 235 g/mol. The van der Waals surface area contributed by atoms with Gasteiger partial charge in [0.2, 0.25) is 5.89 Å². The molecule has 0 atom stereocenters. The Morgan fingerprint density at radius 1 is 1.18 bits per heavy atom. The van der Waals surface area contributed by atoms with Gasteiger partial charge in [-0.3, -0.25) is 0 Å². The fourth-order valence-electron chi connectivity index (χ4n) is 2.92. The van der Waals surface area contributed by atoms with Gasteiger partial charge in [0.15, 0.2) is 5.82 Å². The van der Waals surface area contributed by atoms with E-state index in [-0.39, 0.29) is 11.0 Å². The van der Waals surface area contributed by atoms with Crippen molar-refractivity contribution < 1.29 is 4.52 Å². The molecule has 4 nitrogen and oxygen atoms in total. The van der Waals surface area contributed by atoms with Crippen LogP contribution in [0.15, 0.2) is 4.52 Å². The van der Waals surface area contributed by atoms with Gasteiger partial charge >= 0.3 is 0 Å². The minimum absolute atomic E-state index is 0.191. The fourth-order valence-corrected chi connectivity index (χ4v) is 2.92. The van der Waals surface area contributed by atoms with Crippen molar-refractivity contribution >= 4 is 0 Å². The van der Waals surface area contributed by atoms with E-state index < -0.39 is 0 Å². The summed E-state index contributed by atoms with van der Waals surface area (Å²) in [6.45, 7) is 2.19. The molecule has 2 aliphatic rings. The maximum atomic E-state index is 6.41. The van der Waals surface area contributed by atoms with Gasteiger partial charge in [0, 0.05) is 5.41 Å². The van der Waals surface area contributed by atoms with E-state index in [2.05, 4.69) is 17.1 Å². The molecule has 0 unspecified atom stereocenters. The molecule has 1 aromatic heterocycles. The molecule has 0 spiro atoms. The first-order chi connectivity index (χ1) is 8.19. The summed E-state index contributed by atoms with van der Waals surface area (Å²) in [6, 6.07) is 0. The van der Waals surface area contributed by atoms with Crippen LogP contribution in [0.2, 0.25) is 0 Å². The molecule has 2 N–H and O–H groups in total. The van der Waals surface area contributed by atoms with Crippen LogP contribution in [0.4, 0.5) is 0 Å². The zero-order valence-corrected chi connectivity index (χ0v) is 10.5. The molecule has 2 aliphatic carbocycles. The Bertz CT molecular complexity index is 403. The number of nitrogens with two attached hydrogens (primary N) is 1. The van der Waals surface area contributed by atoms with Gasteiger partial charge in [-0.1, -0.05) is 31.3 Å². The van der Waals surface area contributed by atoms with Gasteiger partial charge < -0.3 is 10.3 Å². The van der Waals surface area contributed by atoms with Crippen LogP contribution in [-0.2, 0) is 11.0 Å².